The highest BCUT2D eigenvalue weighted by atomic mass is 16.3. The number of hydrogen-bond donors (Lipinski definition) is 8. The van der Waals surface area contributed by atoms with Crippen molar-refractivity contribution in [3.63, 3.8) is 0 Å². The predicted molar refractivity (Wildman–Crippen MR) is 102 cm³/mol. The van der Waals surface area contributed by atoms with Crippen molar-refractivity contribution < 1.29 is 35.1 Å². The summed E-state index contributed by atoms with van der Waals surface area (Å²) >= 11 is 0. The van der Waals surface area contributed by atoms with Crippen LogP contribution in [0.25, 0.3) is 0 Å². The Labute approximate surface area is 163 Å². The molecule has 28 heavy (non-hydrogen) atoms. The van der Waals surface area contributed by atoms with Crippen LogP contribution in [-0.4, -0.2) is 82.6 Å². The normalized spacial score (nSPS) is 13.0. The molecule has 0 aliphatic heterocycles. The molecule has 158 valence electrons. The molecule has 0 aliphatic carbocycles. The zero-order chi connectivity index (χ0) is 21.4. The highest BCUT2D eigenvalue weighted by Gasteiger charge is 2.25. The van der Waals surface area contributed by atoms with Gasteiger partial charge in [-0.25, -0.2) is 0 Å². The quantitative estimate of drug-likeness (QED) is 0.212. The molecule has 2 amide bonds. The van der Waals surface area contributed by atoms with Gasteiger partial charge in [0, 0.05) is 29.9 Å². The number of aliphatic hydroxyl groups excluding tert-OH is 5. The first-order valence-electron chi connectivity index (χ1n) is 8.82. The summed E-state index contributed by atoms with van der Waals surface area (Å²) in [6.07, 6.45) is -2.24. The molecule has 10 nitrogen and oxygen atoms in total. The number of aliphatic hydroxyl groups is 5. The first-order chi connectivity index (χ1) is 13.2. The first kappa shape index (κ1) is 23.8. The van der Waals surface area contributed by atoms with E-state index in [0.29, 0.717) is 22.4 Å². The van der Waals surface area contributed by atoms with E-state index in [0.717, 1.165) is 0 Å². The Balaban J connectivity index is 3.37. The number of nitrogens with one attached hydrogen (secondary N) is 3. The van der Waals surface area contributed by atoms with Gasteiger partial charge in [0.2, 0.25) is 0 Å². The van der Waals surface area contributed by atoms with Crippen molar-refractivity contribution in [2.24, 2.45) is 0 Å². The van der Waals surface area contributed by atoms with Crippen molar-refractivity contribution in [3.8, 4) is 0 Å². The second kappa shape index (κ2) is 10.9. The molecule has 0 spiro atoms. The van der Waals surface area contributed by atoms with Gasteiger partial charge >= 0.3 is 0 Å². The third-order valence-corrected chi connectivity index (χ3v) is 4.38. The molecule has 2 unspecified atom stereocenters. The van der Waals surface area contributed by atoms with E-state index in [1.165, 1.54) is 0 Å². The van der Waals surface area contributed by atoms with Gasteiger partial charge in [-0.1, -0.05) is 0 Å². The topological polar surface area (TPSA) is 171 Å². The van der Waals surface area contributed by atoms with Gasteiger partial charge in [0.15, 0.2) is 0 Å². The van der Waals surface area contributed by atoms with Crippen molar-refractivity contribution in [2.75, 3.05) is 38.4 Å². The maximum Gasteiger partial charge on any atom is 0.252 e. The molecule has 0 aromatic heterocycles. The summed E-state index contributed by atoms with van der Waals surface area (Å²) in [6.45, 7) is 3.13. The zero-order valence-electron chi connectivity index (χ0n) is 16.2. The lowest BCUT2D eigenvalue weighted by atomic mass is 9.90. The molecule has 0 radical (unpaired) electrons. The highest BCUT2D eigenvalue weighted by molar-refractivity contribution is 6.06. The molecule has 0 bridgehead atoms. The summed E-state index contributed by atoms with van der Waals surface area (Å²) in [6, 6.07) is 0. The Hall–Kier alpha value is -2.24. The van der Waals surface area contributed by atoms with Crippen LogP contribution < -0.4 is 16.0 Å². The largest absolute Gasteiger partial charge is 0.394 e. The monoisotopic (exact) mass is 399 g/mol. The molecule has 0 fully saturated rings. The van der Waals surface area contributed by atoms with E-state index in [9.17, 15) is 24.9 Å². The van der Waals surface area contributed by atoms with Gasteiger partial charge in [0.1, 0.15) is 6.73 Å². The highest BCUT2D eigenvalue weighted by Crippen LogP contribution is 2.31. The van der Waals surface area contributed by atoms with Crippen LogP contribution in [0.15, 0.2) is 0 Å². The molecule has 2 atom stereocenters. The van der Waals surface area contributed by atoms with Crippen LogP contribution in [0, 0.1) is 20.8 Å². The Kier molecular flexibility index (Phi) is 9.29. The van der Waals surface area contributed by atoms with Crippen molar-refractivity contribution in [2.45, 2.75) is 33.0 Å². The SMILES string of the molecule is Cc1c(NCO)c(C)c(C(=O)NCC(O)CO)c(C)c1C(=O)NCC(O)CO. The lowest BCUT2D eigenvalue weighted by Crippen LogP contribution is -2.37. The Morgan fingerprint density at radius 1 is 0.786 bits per heavy atom. The maximum atomic E-state index is 12.7. The van der Waals surface area contributed by atoms with Crippen LogP contribution in [0.3, 0.4) is 0 Å². The summed E-state index contributed by atoms with van der Waals surface area (Å²) in [5.41, 5.74) is 2.19. The van der Waals surface area contributed by atoms with Gasteiger partial charge in [-0.2, -0.15) is 0 Å². The van der Waals surface area contributed by atoms with Crippen molar-refractivity contribution in [1.82, 2.24) is 10.6 Å². The van der Waals surface area contributed by atoms with E-state index < -0.39 is 44.0 Å². The van der Waals surface area contributed by atoms with Crippen LogP contribution >= 0.6 is 0 Å². The van der Waals surface area contributed by atoms with Crippen molar-refractivity contribution >= 4 is 17.5 Å². The molecular weight excluding hydrogens is 370 g/mol. The molecule has 1 aromatic carbocycles. The number of anilines is 1. The van der Waals surface area contributed by atoms with E-state index in [-0.39, 0.29) is 24.2 Å². The van der Waals surface area contributed by atoms with Gasteiger partial charge < -0.3 is 41.5 Å². The van der Waals surface area contributed by atoms with Crippen LogP contribution in [0.1, 0.15) is 37.4 Å². The van der Waals surface area contributed by atoms with Crippen LogP contribution in [0.2, 0.25) is 0 Å². The molecule has 8 N–H and O–H groups in total. The van der Waals surface area contributed by atoms with Gasteiger partial charge in [0.25, 0.3) is 11.8 Å². The number of amides is 2. The Morgan fingerprint density at radius 2 is 1.18 bits per heavy atom. The third kappa shape index (κ3) is 5.63. The average molecular weight is 399 g/mol. The van der Waals surface area contributed by atoms with Gasteiger partial charge in [-0.15, -0.1) is 0 Å². The summed E-state index contributed by atoms with van der Waals surface area (Å²) in [7, 11) is 0. The molecule has 0 heterocycles. The molecule has 0 saturated carbocycles. The number of carbonyl (C=O) groups excluding carboxylic acids is 2. The van der Waals surface area contributed by atoms with E-state index in [1.54, 1.807) is 20.8 Å². The molecule has 10 heteroatoms. The lowest BCUT2D eigenvalue weighted by molar-refractivity contribution is 0.0799. The standard InChI is InChI=1S/C18H29N3O7/c1-9-14(17(27)19-4-12(25)6-22)10(2)16(21-8-24)11(3)15(9)18(28)20-5-13(26)7-23/h12-13,21-26H,4-8H2,1-3H3,(H,19,27)(H,20,28). The minimum Gasteiger partial charge on any atom is -0.394 e. The zero-order valence-corrected chi connectivity index (χ0v) is 16.2. The van der Waals surface area contributed by atoms with Gasteiger partial charge in [-0.3, -0.25) is 9.59 Å². The number of rotatable bonds is 10. The van der Waals surface area contributed by atoms with Crippen LogP contribution in [0.4, 0.5) is 5.69 Å². The van der Waals surface area contributed by atoms with E-state index in [2.05, 4.69) is 16.0 Å². The molecule has 1 aromatic rings. The molecule has 0 aliphatic rings. The summed E-state index contributed by atoms with van der Waals surface area (Å²) < 4.78 is 0. The third-order valence-electron chi connectivity index (χ3n) is 4.38. The smallest absolute Gasteiger partial charge is 0.252 e. The first-order valence-corrected chi connectivity index (χ1v) is 8.82. The van der Waals surface area contributed by atoms with Crippen molar-refractivity contribution in [1.29, 1.82) is 0 Å². The fraction of sp³-hybridized carbons (Fsp3) is 0.556. The fourth-order valence-electron chi connectivity index (χ4n) is 2.97. The summed E-state index contributed by atoms with van der Waals surface area (Å²) in [5.74, 6) is -1.10. The molecule has 1 rings (SSSR count). The minimum atomic E-state index is -1.12. The number of benzene rings is 1. The Morgan fingerprint density at radius 3 is 1.50 bits per heavy atom. The lowest BCUT2D eigenvalue weighted by Gasteiger charge is -2.22. The molecular formula is C18H29N3O7. The maximum absolute atomic E-state index is 12.7. The van der Waals surface area contributed by atoms with Crippen LogP contribution in [-0.2, 0) is 0 Å². The molecule has 0 saturated heterocycles. The fourth-order valence-corrected chi connectivity index (χ4v) is 2.97. The van der Waals surface area contributed by atoms with E-state index in [1.807, 2.05) is 0 Å². The van der Waals surface area contributed by atoms with Gasteiger partial charge in [-0.05, 0) is 37.5 Å². The Bertz CT molecular complexity index is 656. The van der Waals surface area contributed by atoms with Crippen LogP contribution in [0.5, 0.6) is 0 Å². The second-order valence-corrected chi connectivity index (χ2v) is 6.43. The number of carbonyl (C=O) groups is 2. The van der Waals surface area contributed by atoms with E-state index in [4.69, 9.17) is 10.2 Å². The average Bonchev–Trinajstić information content (AvgIpc) is 2.67. The second-order valence-electron chi connectivity index (χ2n) is 6.43. The summed E-state index contributed by atoms with van der Waals surface area (Å²) in [4.78, 5) is 25.3. The predicted octanol–water partition coefficient (Wildman–Crippen LogP) is -1.86. The minimum absolute atomic E-state index is 0.172. The van der Waals surface area contributed by atoms with Crippen molar-refractivity contribution in [3.05, 3.63) is 27.8 Å². The summed E-state index contributed by atoms with van der Waals surface area (Å²) in [5, 5.41) is 53.7. The number of hydrogen-bond acceptors (Lipinski definition) is 8. The van der Waals surface area contributed by atoms with Gasteiger partial charge in [0.05, 0.1) is 25.4 Å². The van der Waals surface area contributed by atoms with E-state index >= 15 is 0 Å².